The van der Waals surface area contributed by atoms with Crippen LogP contribution in [-0.2, 0) is 0 Å². The molecule has 1 atom stereocenters. The smallest absolute Gasteiger partial charge is 0.224 e. The van der Waals surface area contributed by atoms with Crippen molar-refractivity contribution in [3.8, 4) is 0 Å². The highest BCUT2D eigenvalue weighted by Crippen LogP contribution is 2.32. The minimum Gasteiger partial charge on any atom is -0.354 e. The molecule has 2 aromatic rings. The van der Waals surface area contributed by atoms with E-state index in [4.69, 9.17) is 0 Å². The number of anilines is 1. The van der Waals surface area contributed by atoms with E-state index in [1.165, 1.54) is 0 Å². The summed E-state index contributed by atoms with van der Waals surface area (Å²) in [4.78, 5) is 9.20. The molecule has 102 valence electrons. The molecule has 4 heteroatoms. The van der Waals surface area contributed by atoms with Crippen molar-refractivity contribution in [1.82, 2.24) is 9.97 Å². The van der Waals surface area contributed by atoms with E-state index in [1.54, 1.807) is 0 Å². The first-order valence-electron chi connectivity index (χ1n) is 6.79. The Morgan fingerprint density at radius 2 is 1.89 bits per heavy atom. The molecule has 1 N–H and O–H groups in total. The Morgan fingerprint density at radius 1 is 1.16 bits per heavy atom. The van der Waals surface area contributed by atoms with Crippen LogP contribution in [0.3, 0.4) is 0 Å². The number of fused-ring (bicyclic) bond motifs is 1. The quantitative estimate of drug-likeness (QED) is 0.655. The highest BCUT2D eigenvalue weighted by atomic mass is 32.2. The molecule has 0 saturated carbocycles. The molecule has 2 rings (SSSR count). The van der Waals surface area contributed by atoms with Crippen LogP contribution in [-0.4, -0.2) is 21.8 Å². The van der Waals surface area contributed by atoms with E-state index >= 15 is 0 Å². The summed E-state index contributed by atoms with van der Waals surface area (Å²) in [6.07, 6.45) is 0. The summed E-state index contributed by atoms with van der Waals surface area (Å²) >= 11 is 1.83. The highest BCUT2D eigenvalue weighted by Gasteiger charge is 2.14. The molecule has 0 spiro atoms. The van der Waals surface area contributed by atoms with Gasteiger partial charge in [0, 0.05) is 17.2 Å². The first-order chi connectivity index (χ1) is 9.11. The van der Waals surface area contributed by atoms with Gasteiger partial charge in [0.15, 0.2) is 0 Å². The number of hydrogen-bond donors (Lipinski definition) is 1. The van der Waals surface area contributed by atoms with E-state index in [-0.39, 0.29) is 0 Å². The third kappa shape index (κ3) is 3.38. The lowest BCUT2D eigenvalue weighted by Crippen LogP contribution is -2.08. The maximum Gasteiger partial charge on any atom is 0.224 e. The van der Waals surface area contributed by atoms with Gasteiger partial charge in [-0.05, 0) is 18.9 Å². The molecule has 19 heavy (non-hydrogen) atoms. The van der Waals surface area contributed by atoms with Crippen LogP contribution in [0.2, 0.25) is 0 Å². The van der Waals surface area contributed by atoms with Crippen LogP contribution in [0.5, 0.6) is 0 Å². The van der Waals surface area contributed by atoms with Gasteiger partial charge < -0.3 is 5.32 Å². The number of benzene rings is 1. The molecule has 0 fully saturated rings. The number of nitrogens with one attached hydrogen (secondary N) is 1. The number of nitrogens with zero attached hydrogens (tertiary/aromatic N) is 2. The maximum atomic E-state index is 4.65. The summed E-state index contributed by atoms with van der Waals surface area (Å²) in [6.45, 7) is 9.63. The van der Waals surface area contributed by atoms with Gasteiger partial charge in [-0.15, -0.1) is 11.8 Å². The van der Waals surface area contributed by atoms with Crippen molar-refractivity contribution >= 4 is 28.6 Å². The summed E-state index contributed by atoms with van der Waals surface area (Å²) < 4.78 is 0. The van der Waals surface area contributed by atoms with Gasteiger partial charge >= 0.3 is 0 Å². The van der Waals surface area contributed by atoms with E-state index in [0.717, 1.165) is 28.4 Å². The van der Waals surface area contributed by atoms with E-state index in [1.807, 2.05) is 30.0 Å². The largest absolute Gasteiger partial charge is 0.354 e. The van der Waals surface area contributed by atoms with E-state index in [9.17, 15) is 0 Å². The molecule has 0 radical (unpaired) electrons. The fraction of sp³-hybridized carbons (Fsp3) is 0.467. The SMILES string of the molecule is CCNc1nc(SC(C)C(C)C)c2ccccc2n1. The van der Waals surface area contributed by atoms with Gasteiger partial charge in [0.05, 0.1) is 5.52 Å². The molecule has 0 saturated heterocycles. The number of thioether (sulfide) groups is 1. The molecule has 1 aromatic heterocycles. The second kappa shape index (κ2) is 6.24. The zero-order chi connectivity index (χ0) is 13.8. The lowest BCUT2D eigenvalue weighted by Gasteiger charge is -2.16. The summed E-state index contributed by atoms with van der Waals surface area (Å²) in [5.74, 6) is 1.35. The molecule has 0 aliphatic carbocycles. The summed E-state index contributed by atoms with van der Waals surface area (Å²) in [6, 6.07) is 8.20. The molecule has 0 aliphatic rings. The van der Waals surface area contributed by atoms with Gasteiger partial charge in [-0.2, -0.15) is 0 Å². The normalized spacial score (nSPS) is 12.9. The van der Waals surface area contributed by atoms with Crippen LogP contribution < -0.4 is 5.32 Å². The van der Waals surface area contributed by atoms with Gasteiger partial charge in [0.1, 0.15) is 5.03 Å². The molecule has 0 bridgehead atoms. The van der Waals surface area contributed by atoms with Crippen LogP contribution in [0.4, 0.5) is 5.95 Å². The molecular weight excluding hydrogens is 254 g/mol. The number of para-hydroxylation sites is 1. The third-order valence-electron chi connectivity index (χ3n) is 3.14. The van der Waals surface area contributed by atoms with Crippen LogP contribution in [0, 0.1) is 5.92 Å². The molecule has 3 nitrogen and oxygen atoms in total. The van der Waals surface area contributed by atoms with Gasteiger partial charge in [-0.3, -0.25) is 0 Å². The fourth-order valence-corrected chi connectivity index (χ4v) is 2.75. The average molecular weight is 275 g/mol. The van der Waals surface area contributed by atoms with Gasteiger partial charge in [0.2, 0.25) is 5.95 Å². The van der Waals surface area contributed by atoms with Crippen molar-refractivity contribution in [1.29, 1.82) is 0 Å². The van der Waals surface area contributed by atoms with Crippen LogP contribution in [0.25, 0.3) is 10.9 Å². The number of aromatic nitrogens is 2. The van der Waals surface area contributed by atoms with Crippen molar-refractivity contribution in [3.05, 3.63) is 24.3 Å². The van der Waals surface area contributed by atoms with Crippen molar-refractivity contribution in [3.63, 3.8) is 0 Å². The Labute approximate surface area is 119 Å². The van der Waals surface area contributed by atoms with E-state index in [2.05, 4.69) is 49.0 Å². The van der Waals surface area contributed by atoms with E-state index in [0.29, 0.717) is 11.2 Å². The van der Waals surface area contributed by atoms with Gasteiger partial charge in [-0.25, -0.2) is 9.97 Å². The number of rotatable bonds is 5. The Morgan fingerprint density at radius 3 is 2.58 bits per heavy atom. The zero-order valence-electron chi connectivity index (χ0n) is 12.0. The molecular formula is C15H21N3S. The molecule has 1 unspecified atom stereocenters. The Balaban J connectivity index is 2.44. The summed E-state index contributed by atoms with van der Waals surface area (Å²) in [7, 11) is 0. The maximum absolute atomic E-state index is 4.65. The summed E-state index contributed by atoms with van der Waals surface area (Å²) in [5.41, 5.74) is 1.01. The van der Waals surface area contributed by atoms with Crippen molar-refractivity contribution < 1.29 is 0 Å². The average Bonchev–Trinajstić information content (AvgIpc) is 2.39. The molecule has 1 heterocycles. The molecule has 1 aromatic carbocycles. The van der Waals surface area contributed by atoms with E-state index < -0.39 is 0 Å². The second-order valence-electron chi connectivity index (χ2n) is 4.97. The minimum absolute atomic E-state index is 0.535. The summed E-state index contributed by atoms with van der Waals surface area (Å²) in [5, 5.41) is 5.95. The predicted octanol–water partition coefficient (Wildman–Crippen LogP) is 4.20. The standard InChI is InChI=1S/C15H21N3S/c1-5-16-15-17-13-9-7-6-8-12(13)14(18-15)19-11(4)10(2)3/h6-11H,5H2,1-4H3,(H,16,17,18). The van der Waals surface area contributed by atoms with Crippen molar-refractivity contribution in [2.45, 2.75) is 38.0 Å². The topological polar surface area (TPSA) is 37.8 Å². The van der Waals surface area contributed by atoms with Crippen LogP contribution in [0.15, 0.2) is 29.3 Å². The van der Waals surface area contributed by atoms with Crippen molar-refractivity contribution in [2.75, 3.05) is 11.9 Å². The van der Waals surface area contributed by atoms with Crippen LogP contribution in [0.1, 0.15) is 27.7 Å². The van der Waals surface area contributed by atoms with Gasteiger partial charge in [0.25, 0.3) is 0 Å². The highest BCUT2D eigenvalue weighted by molar-refractivity contribution is 8.00. The molecule has 0 amide bonds. The minimum atomic E-state index is 0.535. The Bertz CT molecular complexity index is 554. The first-order valence-corrected chi connectivity index (χ1v) is 7.67. The third-order valence-corrected chi connectivity index (χ3v) is 4.59. The van der Waals surface area contributed by atoms with Crippen LogP contribution >= 0.6 is 11.8 Å². The Hall–Kier alpha value is -1.29. The first kappa shape index (κ1) is 14.1. The Kier molecular flexibility index (Phi) is 4.64. The molecule has 0 aliphatic heterocycles. The number of hydrogen-bond acceptors (Lipinski definition) is 4. The van der Waals surface area contributed by atoms with Gasteiger partial charge in [-0.1, -0.05) is 39.0 Å². The zero-order valence-corrected chi connectivity index (χ0v) is 12.8. The monoisotopic (exact) mass is 275 g/mol. The van der Waals surface area contributed by atoms with Crippen molar-refractivity contribution in [2.24, 2.45) is 5.92 Å². The second-order valence-corrected chi connectivity index (χ2v) is 6.33. The fourth-order valence-electron chi connectivity index (χ4n) is 1.69. The lowest BCUT2D eigenvalue weighted by molar-refractivity contribution is 0.642. The lowest BCUT2D eigenvalue weighted by atomic mass is 10.2. The predicted molar refractivity (Wildman–Crippen MR) is 83.9 cm³/mol.